The Morgan fingerprint density at radius 1 is 1.45 bits per heavy atom. The number of rotatable bonds is 2. The molecule has 0 aromatic carbocycles. The Morgan fingerprint density at radius 3 is 2.27 bits per heavy atom. The molecule has 0 radical (unpaired) electrons. The van der Waals surface area contributed by atoms with Crippen LogP contribution in [0.25, 0.3) is 0 Å². The monoisotopic (exact) mass is 156 g/mol. The minimum Gasteiger partial charge on any atom is -0.396 e. The van der Waals surface area contributed by atoms with Crippen molar-refractivity contribution in [2.24, 2.45) is 23.2 Å². The average Bonchev–Trinajstić information content (AvgIpc) is 1.85. The van der Waals surface area contributed by atoms with Crippen molar-refractivity contribution < 1.29 is 5.11 Å². The van der Waals surface area contributed by atoms with Crippen molar-refractivity contribution in [2.45, 2.75) is 34.1 Å². The third kappa shape index (κ3) is 1.31. The van der Waals surface area contributed by atoms with E-state index in [0.29, 0.717) is 17.9 Å². The average molecular weight is 156 g/mol. The van der Waals surface area contributed by atoms with Gasteiger partial charge in [-0.15, -0.1) is 0 Å². The third-order valence-corrected chi connectivity index (χ3v) is 3.57. The van der Waals surface area contributed by atoms with Gasteiger partial charge in [0.2, 0.25) is 0 Å². The van der Waals surface area contributed by atoms with E-state index in [2.05, 4.69) is 27.7 Å². The summed E-state index contributed by atoms with van der Waals surface area (Å²) in [7, 11) is 0. The first kappa shape index (κ1) is 9.05. The van der Waals surface area contributed by atoms with E-state index in [-0.39, 0.29) is 0 Å². The molecule has 1 aliphatic carbocycles. The summed E-state index contributed by atoms with van der Waals surface area (Å²) in [6, 6.07) is 0. The molecule has 11 heavy (non-hydrogen) atoms. The normalized spacial score (nSPS) is 35.5. The molecule has 0 heterocycles. The minimum absolute atomic E-state index is 0.371. The Bertz CT molecular complexity index is 138. The van der Waals surface area contributed by atoms with Crippen LogP contribution in [-0.2, 0) is 0 Å². The topological polar surface area (TPSA) is 20.2 Å². The van der Waals surface area contributed by atoms with Gasteiger partial charge in [-0.3, -0.25) is 0 Å². The lowest BCUT2D eigenvalue weighted by Gasteiger charge is -2.53. The molecule has 1 saturated carbocycles. The molecule has 1 N–H and O–H groups in total. The molecule has 2 atom stereocenters. The molecule has 1 fully saturated rings. The van der Waals surface area contributed by atoms with Crippen molar-refractivity contribution >= 4 is 0 Å². The lowest BCUT2D eigenvalue weighted by Crippen LogP contribution is -2.48. The highest BCUT2D eigenvalue weighted by Crippen LogP contribution is 2.53. The van der Waals surface area contributed by atoms with E-state index in [4.69, 9.17) is 5.11 Å². The first-order chi connectivity index (χ1) is 5.00. The molecule has 2 unspecified atom stereocenters. The van der Waals surface area contributed by atoms with Gasteiger partial charge in [0, 0.05) is 6.61 Å². The summed E-state index contributed by atoms with van der Waals surface area (Å²) < 4.78 is 0. The maximum Gasteiger partial charge on any atom is 0.0464 e. The molecule has 0 aromatic heterocycles. The van der Waals surface area contributed by atoms with E-state index in [0.717, 1.165) is 11.8 Å². The second-order valence-electron chi connectivity index (χ2n) is 4.79. The van der Waals surface area contributed by atoms with Crippen LogP contribution in [0, 0.1) is 23.2 Å². The number of hydrogen-bond donors (Lipinski definition) is 1. The van der Waals surface area contributed by atoms with E-state index in [9.17, 15) is 0 Å². The Balaban J connectivity index is 2.54. The van der Waals surface area contributed by atoms with Crippen LogP contribution in [0.3, 0.4) is 0 Å². The van der Waals surface area contributed by atoms with E-state index < -0.39 is 0 Å². The second-order valence-corrected chi connectivity index (χ2v) is 4.79. The van der Waals surface area contributed by atoms with Gasteiger partial charge >= 0.3 is 0 Å². The van der Waals surface area contributed by atoms with Crippen LogP contribution in [-0.4, -0.2) is 11.7 Å². The maximum absolute atomic E-state index is 9.02. The van der Waals surface area contributed by atoms with Gasteiger partial charge in [0.25, 0.3) is 0 Å². The van der Waals surface area contributed by atoms with Gasteiger partial charge in [0.1, 0.15) is 0 Å². The van der Waals surface area contributed by atoms with Gasteiger partial charge in [-0.05, 0) is 29.6 Å². The zero-order valence-electron chi connectivity index (χ0n) is 8.09. The third-order valence-electron chi connectivity index (χ3n) is 3.57. The zero-order valence-corrected chi connectivity index (χ0v) is 8.09. The number of aliphatic hydroxyl groups excluding tert-OH is 1. The highest BCUT2D eigenvalue weighted by Gasteiger charge is 2.48. The number of aliphatic hydroxyl groups is 1. The SMILES string of the molecule is CC(C)C1CC(CO)C1(C)C. The molecule has 0 spiro atoms. The van der Waals surface area contributed by atoms with Crippen LogP contribution in [0.1, 0.15) is 34.1 Å². The maximum atomic E-state index is 9.02. The van der Waals surface area contributed by atoms with E-state index >= 15 is 0 Å². The van der Waals surface area contributed by atoms with Crippen LogP contribution < -0.4 is 0 Å². The summed E-state index contributed by atoms with van der Waals surface area (Å²) in [6.45, 7) is 9.49. The lowest BCUT2D eigenvalue weighted by molar-refractivity contribution is -0.0743. The van der Waals surface area contributed by atoms with Crippen molar-refractivity contribution in [3.63, 3.8) is 0 Å². The molecule has 0 aliphatic heterocycles. The molecule has 0 saturated heterocycles. The van der Waals surface area contributed by atoms with Gasteiger partial charge in [0.15, 0.2) is 0 Å². The van der Waals surface area contributed by atoms with Crippen LogP contribution in [0.4, 0.5) is 0 Å². The summed E-state index contributed by atoms with van der Waals surface area (Å²) in [5.41, 5.74) is 0.378. The standard InChI is InChI=1S/C10H20O/c1-7(2)9-5-8(6-11)10(9,3)4/h7-9,11H,5-6H2,1-4H3. The summed E-state index contributed by atoms with van der Waals surface area (Å²) in [4.78, 5) is 0. The van der Waals surface area contributed by atoms with Gasteiger partial charge in [-0.25, -0.2) is 0 Å². The fourth-order valence-electron chi connectivity index (χ4n) is 2.50. The van der Waals surface area contributed by atoms with Crippen molar-refractivity contribution in [1.82, 2.24) is 0 Å². The predicted octanol–water partition coefficient (Wildman–Crippen LogP) is 2.30. The molecule has 1 aliphatic rings. The highest BCUT2D eigenvalue weighted by atomic mass is 16.3. The summed E-state index contributed by atoms with van der Waals surface area (Å²) in [5.74, 6) is 2.14. The highest BCUT2D eigenvalue weighted by molar-refractivity contribution is 4.97. The van der Waals surface area contributed by atoms with Gasteiger partial charge in [0.05, 0.1) is 0 Å². The van der Waals surface area contributed by atoms with E-state index in [1.54, 1.807) is 0 Å². The van der Waals surface area contributed by atoms with Crippen molar-refractivity contribution in [2.75, 3.05) is 6.61 Å². The van der Waals surface area contributed by atoms with Crippen molar-refractivity contribution in [3.05, 3.63) is 0 Å². The quantitative estimate of drug-likeness (QED) is 0.650. The minimum atomic E-state index is 0.371. The lowest BCUT2D eigenvalue weighted by atomic mass is 9.52. The Labute approximate surface area is 69.8 Å². The van der Waals surface area contributed by atoms with Gasteiger partial charge in [-0.2, -0.15) is 0 Å². The van der Waals surface area contributed by atoms with Crippen LogP contribution in [0.5, 0.6) is 0 Å². The fourth-order valence-corrected chi connectivity index (χ4v) is 2.50. The molecule has 66 valence electrons. The molecule has 1 nitrogen and oxygen atoms in total. The van der Waals surface area contributed by atoms with Crippen LogP contribution in [0.15, 0.2) is 0 Å². The van der Waals surface area contributed by atoms with Crippen molar-refractivity contribution in [1.29, 1.82) is 0 Å². The first-order valence-electron chi connectivity index (χ1n) is 4.61. The van der Waals surface area contributed by atoms with Crippen LogP contribution in [0.2, 0.25) is 0 Å². The summed E-state index contributed by atoms with van der Waals surface area (Å²) >= 11 is 0. The molecule has 0 amide bonds. The van der Waals surface area contributed by atoms with Gasteiger partial charge < -0.3 is 5.11 Å². The molecular weight excluding hydrogens is 136 g/mol. The Morgan fingerprint density at radius 2 is 2.00 bits per heavy atom. The molecule has 0 aromatic rings. The molecular formula is C10H20O. The van der Waals surface area contributed by atoms with E-state index in [1.807, 2.05) is 0 Å². The molecule has 1 rings (SSSR count). The second kappa shape index (κ2) is 2.78. The Hall–Kier alpha value is -0.0400. The zero-order chi connectivity index (χ0) is 8.65. The smallest absolute Gasteiger partial charge is 0.0464 e. The fraction of sp³-hybridized carbons (Fsp3) is 1.00. The van der Waals surface area contributed by atoms with Crippen LogP contribution >= 0.6 is 0 Å². The number of hydrogen-bond acceptors (Lipinski definition) is 1. The largest absolute Gasteiger partial charge is 0.396 e. The van der Waals surface area contributed by atoms with E-state index in [1.165, 1.54) is 6.42 Å². The summed E-state index contributed by atoms with van der Waals surface area (Å²) in [6.07, 6.45) is 1.22. The Kier molecular flexibility index (Phi) is 2.29. The van der Waals surface area contributed by atoms with Gasteiger partial charge in [-0.1, -0.05) is 27.7 Å². The first-order valence-corrected chi connectivity index (χ1v) is 4.61. The predicted molar refractivity (Wildman–Crippen MR) is 47.3 cm³/mol. The van der Waals surface area contributed by atoms with Crippen molar-refractivity contribution in [3.8, 4) is 0 Å². The molecule has 1 heteroatoms. The summed E-state index contributed by atoms with van der Waals surface area (Å²) in [5, 5.41) is 9.02. The molecule has 0 bridgehead atoms.